The molecule has 6 nitrogen and oxygen atoms in total. The fourth-order valence-corrected chi connectivity index (χ4v) is 3.39. The number of hydrogen-bond acceptors (Lipinski definition) is 5. The molecule has 0 saturated heterocycles. The van der Waals surface area contributed by atoms with Gasteiger partial charge in [0, 0.05) is 5.41 Å². The van der Waals surface area contributed by atoms with Gasteiger partial charge in [0.25, 0.3) is 5.91 Å². The van der Waals surface area contributed by atoms with Gasteiger partial charge in [0.2, 0.25) is 0 Å². The summed E-state index contributed by atoms with van der Waals surface area (Å²) in [5, 5.41) is 3.98. The molecule has 0 fully saturated rings. The molecule has 0 unspecified atom stereocenters. The zero-order valence-electron chi connectivity index (χ0n) is 19.5. The van der Waals surface area contributed by atoms with E-state index >= 15 is 0 Å². The molecule has 0 aromatic heterocycles. The Labute approximate surface area is 195 Å². The lowest BCUT2D eigenvalue weighted by Gasteiger charge is -2.26. The Balaban J connectivity index is 1.52. The van der Waals surface area contributed by atoms with Crippen molar-refractivity contribution in [2.45, 2.75) is 26.2 Å². The van der Waals surface area contributed by atoms with E-state index in [-0.39, 0.29) is 17.9 Å². The molecule has 0 atom stereocenters. The van der Waals surface area contributed by atoms with E-state index in [0.29, 0.717) is 23.9 Å². The number of amides is 1. The van der Waals surface area contributed by atoms with Gasteiger partial charge in [-0.2, -0.15) is 5.10 Å². The highest BCUT2D eigenvalue weighted by Crippen LogP contribution is 2.32. The molecular weight excluding hydrogens is 416 g/mol. The van der Waals surface area contributed by atoms with Crippen LogP contribution in [0.3, 0.4) is 0 Å². The minimum absolute atomic E-state index is 0.130. The highest BCUT2D eigenvalue weighted by atomic mass is 16.5. The third kappa shape index (κ3) is 6.35. The molecule has 0 aliphatic rings. The SMILES string of the molecule is CCOc1ccc(C=NNC(=O)COc2ccc(C(C)(C)c3ccccc3)cc2)cc1OC. The molecule has 1 amide bonds. The van der Waals surface area contributed by atoms with Gasteiger partial charge in [-0.25, -0.2) is 5.43 Å². The molecule has 0 bridgehead atoms. The summed E-state index contributed by atoms with van der Waals surface area (Å²) in [6.45, 7) is 6.69. The molecule has 0 saturated carbocycles. The predicted octanol–water partition coefficient (Wildman–Crippen LogP) is 4.95. The second-order valence-corrected chi connectivity index (χ2v) is 7.94. The van der Waals surface area contributed by atoms with Crippen molar-refractivity contribution in [3.05, 3.63) is 89.5 Å². The summed E-state index contributed by atoms with van der Waals surface area (Å²) in [4.78, 5) is 12.1. The number of hydrogen-bond donors (Lipinski definition) is 1. The number of rotatable bonds is 10. The lowest BCUT2D eigenvalue weighted by molar-refractivity contribution is -0.123. The number of ether oxygens (including phenoxy) is 3. The smallest absolute Gasteiger partial charge is 0.277 e. The van der Waals surface area contributed by atoms with E-state index in [1.165, 1.54) is 17.3 Å². The first-order chi connectivity index (χ1) is 15.9. The van der Waals surface area contributed by atoms with Gasteiger partial charge in [0.15, 0.2) is 18.1 Å². The van der Waals surface area contributed by atoms with Crippen LogP contribution in [0, 0.1) is 0 Å². The largest absolute Gasteiger partial charge is 0.493 e. The number of carbonyl (C=O) groups excluding carboxylic acids is 1. The summed E-state index contributed by atoms with van der Waals surface area (Å²) in [5.41, 5.74) is 5.52. The predicted molar refractivity (Wildman–Crippen MR) is 130 cm³/mol. The number of benzene rings is 3. The van der Waals surface area contributed by atoms with Gasteiger partial charge in [0.05, 0.1) is 19.9 Å². The maximum absolute atomic E-state index is 12.1. The Morgan fingerprint density at radius 3 is 2.30 bits per heavy atom. The average Bonchev–Trinajstić information content (AvgIpc) is 2.84. The first-order valence-electron chi connectivity index (χ1n) is 10.9. The van der Waals surface area contributed by atoms with Crippen LogP contribution in [0.5, 0.6) is 17.2 Å². The van der Waals surface area contributed by atoms with E-state index in [9.17, 15) is 4.79 Å². The van der Waals surface area contributed by atoms with Crippen molar-refractivity contribution in [1.82, 2.24) is 5.43 Å². The van der Waals surface area contributed by atoms with Crippen molar-refractivity contribution in [2.75, 3.05) is 20.3 Å². The summed E-state index contributed by atoms with van der Waals surface area (Å²) < 4.78 is 16.4. The molecule has 3 aromatic carbocycles. The molecule has 3 rings (SSSR count). The minimum atomic E-state index is -0.349. The van der Waals surface area contributed by atoms with Crippen LogP contribution in [-0.4, -0.2) is 32.4 Å². The van der Waals surface area contributed by atoms with Crippen LogP contribution in [0.1, 0.15) is 37.5 Å². The van der Waals surface area contributed by atoms with E-state index < -0.39 is 0 Å². The molecule has 0 spiro atoms. The van der Waals surface area contributed by atoms with Gasteiger partial charge >= 0.3 is 0 Å². The van der Waals surface area contributed by atoms with Gasteiger partial charge in [0.1, 0.15) is 5.75 Å². The Morgan fingerprint density at radius 1 is 0.939 bits per heavy atom. The standard InChI is InChI=1S/C27H30N2O4/c1-5-32-24-16-11-20(17-25(24)31-4)18-28-29-26(30)19-33-23-14-12-22(13-15-23)27(2,3)21-9-7-6-8-10-21/h6-18H,5,19H2,1-4H3,(H,29,30). The van der Waals surface area contributed by atoms with Gasteiger partial charge in [-0.1, -0.05) is 56.3 Å². The molecule has 33 heavy (non-hydrogen) atoms. The van der Waals surface area contributed by atoms with Crippen LogP contribution in [0.15, 0.2) is 77.9 Å². The van der Waals surface area contributed by atoms with Crippen LogP contribution in [0.2, 0.25) is 0 Å². The summed E-state index contributed by atoms with van der Waals surface area (Å²) in [5.74, 6) is 1.54. The van der Waals surface area contributed by atoms with Crippen LogP contribution >= 0.6 is 0 Å². The average molecular weight is 447 g/mol. The van der Waals surface area contributed by atoms with Gasteiger partial charge < -0.3 is 14.2 Å². The summed E-state index contributed by atoms with van der Waals surface area (Å²) in [6.07, 6.45) is 1.54. The number of hydrazone groups is 1. The number of nitrogens with zero attached hydrogens (tertiary/aromatic N) is 1. The van der Waals surface area contributed by atoms with Crippen LogP contribution in [0.4, 0.5) is 0 Å². The van der Waals surface area contributed by atoms with E-state index in [1.54, 1.807) is 19.2 Å². The number of carbonyl (C=O) groups is 1. The highest BCUT2D eigenvalue weighted by molar-refractivity contribution is 5.83. The van der Waals surface area contributed by atoms with Crippen molar-refractivity contribution in [3.8, 4) is 17.2 Å². The third-order valence-corrected chi connectivity index (χ3v) is 5.33. The lowest BCUT2D eigenvalue weighted by Crippen LogP contribution is -2.24. The number of methoxy groups -OCH3 is 1. The third-order valence-electron chi connectivity index (χ3n) is 5.33. The molecule has 1 N–H and O–H groups in total. The number of nitrogens with one attached hydrogen (secondary N) is 1. The fraction of sp³-hybridized carbons (Fsp3) is 0.259. The van der Waals surface area contributed by atoms with E-state index in [4.69, 9.17) is 14.2 Å². The van der Waals surface area contributed by atoms with Gasteiger partial charge in [-0.05, 0) is 53.9 Å². The van der Waals surface area contributed by atoms with Gasteiger partial charge in [-0.3, -0.25) is 4.79 Å². The van der Waals surface area contributed by atoms with Crippen molar-refractivity contribution in [1.29, 1.82) is 0 Å². The second-order valence-electron chi connectivity index (χ2n) is 7.94. The van der Waals surface area contributed by atoms with Crippen LogP contribution in [0.25, 0.3) is 0 Å². The first-order valence-corrected chi connectivity index (χ1v) is 10.9. The summed E-state index contributed by atoms with van der Waals surface area (Å²) in [6, 6.07) is 23.6. The summed E-state index contributed by atoms with van der Waals surface area (Å²) >= 11 is 0. The molecular formula is C27H30N2O4. The Kier molecular flexibility index (Phi) is 8.08. The fourth-order valence-electron chi connectivity index (χ4n) is 3.39. The zero-order valence-corrected chi connectivity index (χ0v) is 19.5. The Hall–Kier alpha value is -3.80. The molecule has 0 aliphatic carbocycles. The van der Waals surface area contributed by atoms with E-state index in [1.807, 2.05) is 55.5 Å². The molecule has 0 radical (unpaired) electrons. The zero-order chi connectivity index (χ0) is 23.7. The van der Waals surface area contributed by atoms with Crippen molar-refractivity contribution < 1.29 is 19.0 Å². The maximum Gasteiger partial charge on any atom is 0.277 e. The minimum Gasteiger partial charge on any atom is -0.493 e. The monoisotopic (exact) mass is 446 g/mol. The van der Waals surface area contributed by atoms with Crippen molar-refractivity contribution in [3.63, 3.8) is 0 Å². The van der Waals surface area contributed by atoms with E-state index in [0.717, 1.165) is 5.56 Å². The Morgan fingerprint density at radius 2 is 1.64 bits per heavy atom. The molecule has 0 heterocycles. The first kappa shape index (κ1) is 23.9. The van der Waals surface area contributed by atoms with Crippen LogP contribution in [-0.2, 0) is 10.2 Å². The lowest BCUT2D eigenvalue weighted by atomic mass is 9.78. The second kappa shape index (κ2) is 11.2. The van der Waals surface area contributed by atoms with Crippen molar-refractivity contribution in [2.24, 2.45) is 5.10 Å². The normalized spacial score (nSPS) is 11.3. The molecule has 3 aromatic rings. The Bertz CT molecular complexity index is 1080. The molecule has 0 aliphatic heterocycles. The topological polar surface area (TPSA) is 69.2 Å². The van der Waals surface area contributed by atoms with Crippen LogP contribution < -0.4 is 19.6 Å². The molecule has 172 valence electrons. The van der Waals surface area contributed by atoms with Gasteiger partial charge in [-0.15, -0.1) is 0 Å². The highest BCUT2D eigenvalue weighted by Gasteiger charge is 2.22. The summed E-state index contributed by atoms with van der Waals surface area (Å²) in [7, 11) is 1.58. The van der Waals surface area contributed by atoms with E-state index in [2.05, 4.69) is 36.5 Å². The quantitative estimate of drug-likeness (QED) is 0.353. The maximum atomic E-state index is 12.1. The molecule has 6 heteroatoms. The van der Waals surface area contributed by atoms with Crippen molar-refractivity contribution >= 4 is 12.1 Å².